The lowest BCUT2D eigenvalue weighted by Crippen LogP contribution is -2.25. The molecular weight excluding hydrogens is 711 g/mol. The van der Waals surface area contributed by atoms with Gasteiger partial charge in [0.05, 0.1) is 16.4 Å². The maximum Gasteiger partial charge on any atom is 0.0725 e. The lowest BCUT2D eigenvalue weighted by Gasteiger charge is -2.30. The molecule has 0 atom stereocenters. The Labute approximate surface area is 357 Å². The Hall–Kier alpha value is -7.22. The van der Waals surface area contributed by atoms with Crippen LogP contribution in [0.15, 0.2) is 212 Å². The van der Waals surface area contributed by atoms with Gasteiger partial charge in [-0.05, 0) is 125 Å². The van der Waals surface area contributed by atoms with Gasteiger partial charge >= 0.3 is 0 Å². The van der Waals surface area contributed by atoms with Crippen molar-refractivity contribution in [2.75, 3.05) is 4.90 Å². The van der Waals surface area contributed by atoms with Crippen molar-refractivity contribution in [1.82, 2.24) is 0 Å². The van der Waals surface area contributed by atoms with Gasteiger partial charge in [-0.1, -0.05) is 190 Å². The van der Waals surface area contributed by atoms with E-state index >= 15 is 0 Å². The van der Waals surface area contributed by atoms with Gasteiger partial charge in [-0.3, -0.25) is 0 Å². The molecule has 1 nitrogen and oxygen atoms in total. The molecule has 0 saturated carbocycles. The molecule has 0 saturated heterocycles. The van der Waals surface area contributed by atoms with Gasteiger partial charge in [0.2, 0.25) is 0 Å². The highest BCUT2D eigenvalue weighted by atomic mass is 15.1. The quantitative estimate of drug-likeness (QED) is 0.169. The summed E-state index contributed by atoms with van der Waals surface area (Å²) >= 11 is 0. The number of benzene rings is 9. The minimum Gasteiger partial charge on any atom is -0.310 e. The standard InChI is InChI=1S/C58H41N/c1-57(2)50-22-10-6-17-45(50)48-36-35-43(37-55(48)57)59(41-31-27-39(28-32-41)38-15-4-3-5-16-38)42-33-29-40(30-34-42)44-21-14-26-54-56(44)49-20-9-13-25-53(49)58(54)51-23-11-7-18-46(51)47-19-8-12-24-52(47)58/h3-37H,1-2H3/i27D,28D,29D,30D,31D,32D,33D,34D. The van der Waals surface area contributed by atoms with Crippen molar-refractivity contribution in [3.05, 3.63) is 246 Å². The molecule has 3 aliphatic rings. The first kappa shape index (κ1) is 26.7. The van der Waals surface area contributed by atoms with Crippen LogP contribution < -0.4 is 4.90 Å². The molecule has 59 heavy (non-hydrogen) atoms. The Kier molecular flexibility index (Phi) is 5.71. The number of nitrogens with zero attached hydrogens (tertiary/aromatic N) is 1. The monoisotopic (exact) mass is 759 g/mol. The first-order valence-electron chi connectivity index (χ1n) is 24.1. The lowest BCUT2D eigenvalue weighted by molar-refractivity contribution is 0.660. The summed E-state index contributed by atoms with van der Waals surface area (Å²) in [5, 5.41) is 0. The van der Waals surface area contributed by atoms with E-state index in [0.29, 0.717) is 16.8 Å². The van der Waals surface area contributed by atoms with Gasteiger partial charge in [-0.2, -0.15) is 0 Å². The molecule has 0 N–H and O–H groups in total. The third-order valence-electron chi connectivity index (χ3n) is 12.8. The van der Waals surface area contributed by atoms with Crippen LogP contribution in [0.2, 0.25) is 0 Å². The van der Waals surface area contributed by atoms with Crippen molar-refractivity contribution < 1.29 is 11.0 Å². The smallest absolute Gasteiger partial charge is 0.0725 e. The Bertz CT molecular complexity index is 3510. The summed E-state index contributed by atoms with van der Waals surface area (Å²) in [6.45, 7) is 4.26. The van der Waals surface area contributed by atoms with Crippen LogP contribution in [-0.2, 0) is 10.8 Å². The first-order chi connectivity index (χ1) is 32.4. The number of rotatable bonds is 5. The summed E-state index contributed by atoms with van der Waals surface area (Å²) in [5.74, 6) is 0. The van der Waals surface area contributed by atoms with E-state index in [0.717, 1.165) is 66.8 Å². The van der Waals surface area contributed by atoms with E-state index in [9.17, 15) is 11.0 Å². The van der Waals surface area contributed by atoms with Gasteiger partial charge in [-0.15, -0.1) is 0 Å². The molecule has 3 aliphatic carbocycles. The summed E-state index contributed by atoms with van der Waals surface area (Å²) in [7, 11) is 0. The number of fused-ring (bicyclic) bond motifs is 13. The van der Waals surface area contributed by atoms with Gasteiger partial charge in [0.15, 0.2) is 0 Å². The lowest BCUT2D eigenvalue weighted by atomic mass is 9.70. The predicted octanol–water partition coefficient (Wildman–Crippen LogP) is 15.1. The molecule has 12 rings (SSSR count). The van der Waals surface area contributed by atoms with E-state index in [1.807, 2.05) is 60.7 Å². The SMILES string of the molecule is [2H]c1c([2H])c(N(c2ccc3c(c2)C(C)(C)c2ccccc2-3)c2c([2H])c([2H])c(-c3cccc4c3-c3ccccc3C43c4ccccc4-c4ccccc43)c([2H])c2[2H])c([2H])c([2H])c1-c1ccccc1. The topological polar surface area (TPSA) is 3.24 Å². The molecule has 1 heteroatoms. The second-order valence-corrected chi connectivity index (χ2v) is 16.2. The van der Waals surface area contributed by atoms with Crippen LogP contribution in [0, 0.1) is 0 Å². The third kappa shape index (κ3) is 4.73. The van der Waals surface area contributed by atoms with E-state index in [-0.39, 0.29) is 70.8 Å². The molecule has 0 radical (unpaired) electrons. The van der Waals surface area contributed by atoms with Crippen LogP contribution in [0.4, 0.5) is 17.1 Å². The summed E-state index contributed by atoms with van der Waals surface area (Å²) in [4.78, 5) is 1.42. The molecule has 0 bridgehead atoms. The minimum atomic E-state index is -0.687. The van der Waals surface area contributed by atoms with Crippen molar-refractivity contribution in [3.63, 3.8) is 0 Å². The Morgan fingerprint density at radius 2 is 0.797 bits per heavy atom. The van der Waals surface area contributed by atoms with Gasteiger partial charge in [0.25, 0.3) is 0 Å². The number of hydrogen-bond donors (Lipinski definition) is 0. The van der Waals surface area contributed by atoms with Gasteiger partial charge in [-0.25, -0.2) is 0 Å². The normalized spacial score (nSPS) is 16.1. The highest BCUT2D eigenvalue weighted by Gasteiger charge is 2.52. The predicted molar refractivity (Wildman–Crippen MR) is 246 cm³/mol. The van der Waals surface area contributed by atoms with Crippen LogP contribution in [0.5, 0.6) is 0 Å². The van der Waals surface area contributed by atoms with Crippen molar-refractivity contribution in [2.24, 2.45) is 0 Å². The Balaban J connectivity index is 1.12. The van der Waals surface area contributed by atoms with E-state index in [1.54, 1.807) is 24.3 Å². The molecule has 0 fully saturated rings. The third-order valence-corrected chi connectivity index (χ3v) is 12.8. The van der Waals surface area contributed by atoms with Crippen LogP contribution in [0.3, 0.4) is 0 Å². The van der Waals surface area contributed by atoms with Crippen molar-refractivity contribution in [3.8, 4) is 55.6 Å². The second kappa shape index (κ2) is 12.6. The Morgan fingerprint density at radius 1 is 0.339 bits per heavy atom. The number of anilines is 3. The molecule has 0 unspecified atom stereocenters. The van der Waals surface area contributed by atoms with Crippen molar-refractivity contribution >= 4 is 17.1 Å². The zero-order valence-corrected chi connectivity index (χ0v) is 32.5. The fourth-order valence-electron chi connectivity index (χ4n) is 10.3. The molecule has 0 amide bonds. The highest BCUT2D eigenvalue weighted by molar-refractivity contribution is 6.00. The average molecular weight is 760 g/mol. The van der Waals surface area contributed by atoms with Crippen LogP contribution in [0.25, 0.3) is 55.6 Å². The first-order valence-corrected chi connectivity index (χ1v) is 20.1. The second-order valence-electron chi connectivity index (χ2n) is 16.2. The molecular formula is C58H41N. The van der Waals surface area contributed by atoms with E-state index in [1.165, 1.54) is 4.90 Å². The largest absolute Gasteiger partial charge is 0.310 e. The summed E-state index contributed by atoms with van der Waals surface area (Å²) in [6, 6.07) is 51.3. The molecule has 0 heterocycles. The van der Waals surface area contributed by atoms with Crippen molar-refractivity contribution in [1.29, 1.82) is 0 Å². The highest BCUT2D eigenvalue weighted by Crippen LogP contribution is 2.64. The average Bonchev–Trinajstić information content (AvgIpc) is 3.91. The maximum atomic E-state index is 9.96. The molecule has 1 spiro atoms. The van der Waals surface area contributed by atoms with Crippen LogP contribution in [0.1, 0.15) is 58.2 Å². The Morgan fingerprint density at radius 3 is 1.42 bits per heavy atom. The zero-order chi connectivity index (χ0) is 46.3. The van der Waals surface area contributed by atoms with Gasteiger partial charge < -0.3 is 4.90 Å². The summed E-state index contributed by atoms with van der Waals surface area (Å²) in [6.07, 6.45) is 0. The molecule has 9 aromatic rings. The van der Waals surface area contributed by atoms with E-state index < -0.39 is 10.8 Å². The summed E-state index contributed by atoms with van der Waals surface area (Å²) < 4.78 is 77.7. The van der Waals surface area contributed by atoms with Gasteiger partial charge in [0, 0.05) is 22.5 Å². The van der Waals surface area contributed by atoms with Crippen molar-refractivity contribution in [2.45, 2.75) is 24.7 Å². The van der Waals surface area contributed by atoms with Crippen LogP contribution in [-0.4, -0.2) is 0 Å². The maximum absolute atomic E-state index is 9.96. The minimum absolute atomic E-state index is 0.128. The summed E-state index contributed by atoms with van der Waals surface area (Å²) in [5.41, 5.74) is 12.8. The molecule has 9 aromatic carbocycles. The zero-order valence-electron chi connectivity index (χ0n) is 40.5. The van der Waals surface area contributed by atoms with Gasteiger partial charge in [0.1, 0.15) is 0 Å². The molecule has 278 valence electrons. The fourth-order valence-corrected chi connectivity index (χ4v) is 10.3. The molecule has 0 aromatic heterocycles. The van der Waals surface area contributed by atoms with Crippen LogP contribution >= 0.6 is 0 Å². The molecule has 0 aliphatic heterocycles. The van der Waals surface area contributed by atoms with E-state index in [4.69, 9.17) is 0 Å². The fraction of sp³-hybridized carbons (Fsp3) is 0.0690. The number of hydrogen-bond acceptors (Lipinski definition) is 1. The van der Waals surface area contributed by atoms with E-state index in [2.05, 4.69) is 92.7 Å².